The summed E-state index contributed by atoms with van der Waals surface area (Å²) in [6.45, 7) is 0. The van der Waals surface area contributed by atoms with Crippen LogP contribution in [0.2, 0.25) is 0 Å². The molecule has 0 aliphatic carbocycles. The van der Waals surface area contributed by atoms with E-state index in [-0.39, 0.29) is 11.0 Å². The van der Waals surface area contributed by atoms with E-state index in [1.807, 2.05) is 30.3 Å². The molecule has 2 heterocycles. The summed E-state index contributed by atoms with van der Waals surface area (Å²) < 4.78 is 10.7. The second-order valence-corrected chi connectivity index (χ2v) is 4.93. The van der Waals surface area contributed by atoms with Gasteiger partial charge in [-0.15, -0.1) is 0 Å². The monoisotopic (exact) mass is 290 g/mol. The van der Waals surface area contributed by atoms with Gasteiger partial charge in [0.15, 0.2) is 5.58 Å². The number of para-hydroxylation sites is 1. The SMILES string of the molecule is O=c1cc(-c2ccccc2)c2c(=O)oc3ccccc3c2o1. The Morgan fingerprint density at radius 1 is 0.773 bits per heavy atom. The molecule has 0 aliphatic heterocycles. The minimum atomic E-state index is -0.517. The fourth-order valence-corrected chi connectivity index (χ4v) is 2.63. The van der Waals surface area contributed by atoms with E-state index >= 15 is 0 Å². The lowest BCUT2D eigenvalue weighted by Crippen LogP contribution is -2.07. The van der Waals surface area contributed by atoms with E-state index in [0.29, 0.717) is 16.5 Å². The molecule has 0 N–H and O–H groups in total. The highest BCUT2D eigenvalue weighted by molar-refractivity contribution is 6.05. The highest BCUT2D eigenvalue weighted by Crippen LogP contribution is 2.29. The first-order valence-corrected chi connectivity index (χ1v) is 6.79. The van der Waals surface area contributed by atoms with Crippen LogP contribution < -0.4 is 11.3 Å². The second-order valence-electron chi connectivity index (χ2n) is 4.93. The van der Waals surface area contributed by atoms with Crippen LogP contribution in [-0.4, -0.2) is 0 Å². The van der Waals surface area contributed by atoms with Gasteiger partial charge in [-0.1, -0.05) is 42.5 Å². The zero-order valence-corrected chi connectivity index (χ0v) is 11.4. The lowest BCUT2D eigenvalue weighted by molar-refractivity contribution is 0.543. The van der Waals surface area contributed by atoms with Gasteiger partial charge in [-0.2, -0.15) is 0 Å². The maximum atomic E-state index is 12.4. The molecule has 0 spiro atoms. The Hall–Kier alpha value is -3.14. The molecule has 0 radical (unpaired) electrons. The van der Waals surface area contributed by atoms with Crippen LogP contribution in [0.4, 0.5) is 0 Å². The summed E-state index contributed by atoms with van der Waals surface area (Å²) in [5.41, 5.74) is 0.930. The molecule has 4 rings (SSSR count). The van der Waals surface area contributed by atoms with Gasteiger partial charge in [0.2, 0.25) is 0 Å². The van der Waals surface area contributed by atoms with Crippen molar-refractivity contribution in [3.05, 3.63) is 81.5 Å². The van der Waals surface area contributed by atoms with Gasteiger partial charge in [-0.05, 0) is 17.7 Å². The molecule has 106 valence electrons. The van der Waals surface area contributed by atoms with Crippen LogP contribution in [0, 0.1) is 0 Å². The summed E-state index contributed by atoms with van der Waals surface area (Å²) in [6, 6.07) is 17.6. The van der Waals surface area contributed by atoms with E-state index in [1.54, 1.807) is 24.3 Å². The highest BCUT2D eigenvalue weighted by Gasteiger charge is 2.15. The van der Waals surface area contributed by atoms with Gasteiger partial charge >= 0.3 is 11.3 Å². The number of rotatable bonds is 1. The van der Waals surface area contributed by atoms with E-state index < -0.39 is 11.3 Å². The molecule has 0 saturated carbocycles. The molecule has 0 bridgehead atoms. The van der Waals surface area contributed by atoms with Crippen LogP contribution >= 0.6 is 0 Å². The first kappa shape index (κ1) is 12.6. The molecule has 0 unspecified atom stereocenters. The van der Waals surface area contributed by atoms with Crippen molar-refractivity contribution in [1.29, 1.82) is 0 Å². The molecule has 2 aromatic heterocycles. The fourth-order valence-electron chi connectivity index (χ4n) is 2.63. The maximum Gasteiger partial charge on any atom is 0.348 e. The van der Waals surface area contributed by atoms with E-state index in [9.17, 15) is 9.59 Å². The van der Waals surface area contributed by atoms with Crippen molar-refractivity contribution in [2.45, 2.75) is 0 Å². The molecule has 0 fully saturated rings. The van der Waals surface area contributed by atoms with Crippen molar-refractivity contribution < 1.29 is 8.83 Å². The molecule has 0 aliphatic rings. The van der Waals surface area contributed by atoms with E-state index in [1.165, 1.54) is 6.07 Å². The molecule has 2 aromatic carbocycles. The summed E-state index contributed by atoms with van der Waals surface area (Å²) in [6.07, 6.45) is 0. The minimum absolute atomic E-state index is 0.262. The molecule has 4 nitrogen and oxygen atoms in total. The van der Waals surface area contributed by atoms with Crippen LogP contribution in [0.25, 0.3) is 33.1 Å². The van der Waals surface area contributed by atoms with Crippen molar-refractivity contribution >= 4 is 21.9 Å². The van der Waals surface area contributed by atoms with E-state index in [4.69, 9.17) is 8.83 Å². The smallest absolute Gasteiger partial charge is 0.348 e. The average Bonchev–Trinajstić information content (AvgIpc) is 2.55. The molecular weight excluding hydrogens is 280 g/mol. The number of benzene rings is 2. The lowest BCUT2D eigenvalue weighted by Gasteiger charge is -2.06. The molecule has 0 saturated heterocycles. The van der Waals surface area contributed by atoms with Gasteiger partial charge in [-0.25, -0.2) is 9.59 Å². The van der Waals surface area contributed by atoms with Crippen molar-refractivity contribution in [3.63, 3.8) is 0 Å². The third-order valence-corrected chi connectivity index (χ3v) is 3.58. The van der Waals surface area contributed by atoms with E-state index in [0.717, 1.165) is 5.56 Å². The Labute approximate surface area is 124 Å². The topological polar surface area (TPSA) is 60.4 Å². The first-order valence-electron chi connectivity index (χ1n) is 6.79. The summed E-state index contributed by atoms with van der Waals surface area (Å²) in [4.78, 5) is 24.3. The molecule has 4 aromatic rings. The molecule has 0 amide bonds. The summed E-state index contributed by atoms with van der Waals surface area (Å²) >= 11 is 0. The quantitative estimate of drug-likeness (QED) is 0.397. The Bertz CT molecular complexity index is 1100. The van der Waals surface area contributed by atoms with Crippen LogP contribution in [0.3, 0.4) is 0 Å². The van der Waals surface area contributed by atoms with Crippen LogP contribution in [0.15, 0.2) is 79.1 Å². The fraction of sp³-hybridized carbons (Fsp3) is 0. The van der Waals surface area contributed by atoms with Gasteiger partial charge in [0, 0.05) is 11.6 Å². The highest BCUT2D eigenvalue weighted by atomic mass is 16.4. The van der Waals surface area contributed by atoms with Crippen LogP contribution in [0.1, 0.15) is 0 Å². The van der Waals surface area contributed by atoms with Gasteiger partial charge in [0.05, 0.1) is 5.39 Å². The van der Waals surface area contributed by atoms with Crippen molar-refractivity contribution in [1.82, 2.24) is 0 Å². The summed E-state index contributed by atoms with van der Waals surface area (Å²) in [7, 11) is 0. The molecular formula is C18H10O4. The van der Waals surface area contributed by atoms with Crippen LogP contribution in [-0.2, 0) is 0 Å². The lowest BCUT2D eigenvalue weighted by atomic mass is 10.0. The van der Waals surface area contributed by atoms with Gasteiger partial charge in [0.1, 0.15) is 11.0 Å². The average molecular weight is 290 g/mol. The Morgan fingerprint density at radius 3 is 2.32 bits per heavy atom. The van der Waals surface area contributed by atoms with Crippen molar-refractivity contribution in [2.24, 2.45) is 0 Å². The predicted octanol–water partition coefficient (Wildman–Crippen LogP) is 3.57. The second kappa shape index (κ2) is 4.70. The predicted molar refractivity (Wildman–Crippen MR) is 84.0 cm³/mol. The van der Waals surface area contributed by atoms with E-state index in [2.05, 4.69) is 0 Å². The number of hydrogen-bond acceptors (Lipinski definition) is 4. The van der Waals surface area contributed by atoms with Gasteiger partial charge < -0.3 is 8.83 Å². The zero-order valence-electron chi connectivity index (χ0n) is 11.4. The molecule has 0 atom stereocenters. The standard InChI is InChI=1S/C18H10O4/c19-15-10-13(11-6-2-1-3-7-11)16-17(22-15)12-8-4-5-9-14(12)21-18(16)20/h1-10H. The third kappa shape index (κ3) is 1.85. The zero-order chi connectivity index (χ0) is 15.1. The molecule has 22 heavy (non-hydrogen) atoms. The Kier molecular flexibility index (Phi) is 2.69. The molecule has 4 heteroatoms. The third-order valence-electron chi connectivity index (χ3n) is 3.58. The first-order chi connectivity index (χ1) is 10.7. The Balaban J connectivity index is 2.27. The van der Waals surface area contributed by atoms with Gasteiger partial charge in [0.25, 0.3) is 0 Å². The van der Waals surface area contributed by atoms with Crippen molar-refractivity contribution in [2.75, 3.05) is 0 Å². The Morgan fingerprint density at radius 2 is 1.50 bits per heavy atom. The minimum Gasteiger partial charge on any atom is -0.422 e. The van der Waals surface area contributed by atoms with Gasteiger partial charge in [-0.3, -0.25) is 0 Å². The summed E-state index contributed by atoms with van der Waals surface area (Å²) in [5, 5.41) is 0.886. The number of fused-ring (bicyclic) bond motifs is 3. The van der Waals surface area contributed by atoms with Crippen LogP contribution in [0.5, 0.6) is 0 Å². The summed E-state index contributed by atoms with van der Waals surface area (Å²) in [5.74, 6) is 0. The number of hydrogen-bond donors (Lipinski definition) is 0. The normalized spacial score (nSPS) is 11.1. The maximum absolute atomic E-state index is 12.4. The largest absolute Gasteiger partial charge is 0.422 e. The van der Waals surface area contributed by atoms with Crippen molar-refractivity contribution in [3.8, 4) is 11.1 Å².